The first-order chi connectivity index (χ1) is 18.9. The first kappa shape index (κ1) is 29.3. The molecule has 1 aromatic carbocycles. The maximum absolute atomic E-state index is 13.0. The van der Waals surface area contributed by atoms with E-state index in [1.165, 1.54) is 11.8 Å². The highest BCUT2D eigenvalue weighted by Gasteiger charge is 2.28. The van der Waals surface area contributed by atoms with Crippen LogP contribution in [-0.2, 0) is 9.59 Å². The van der Waals surface area contributed by atoms with Crippen molar-refractivity contribution in [1.82, 2.24) is 19.8 Å². The molecule has 11 heteroatoms. The number of halogens is 1. The van der Waals surface area contributed by atoms with Crippen molar-refractivity contribution in [2.45, 2.75) is 51.2 Å². The number of ether oxygens (including phenoxy) is 1. The molecule has 1 unspecified atom stereocenters. The Morgan fingerprint density at radius 2 is 1.77 bits per heavy atom. The zero-order chi connectivity index (χ0) is 27.8. The second kappa shape index (κ2) is 14.1. The molecule has 2 aromatic rings. The number of benzene rings is 1. The molecule has 0 N–H and O–H groups in total. The summed E-state index contributed by atoms with van der Waals surface area (Å²) in [6.07, 6.45) is 2.54. The molecule has 0 radical (unpaired) electrons. The summed E-state index contributed by atoms with van der Waals surface area (Å²) in [5.74, 6) is 2.16. The Labute approximate surface area is 240 Å². The fourth-order valence-corrected chi connectivity index (χ4v) is 6.01. The number of aromatic nitrogens is 2. The van der Waals surface area contributed by atoms with Crippen molar-refractivity contribution < 1.29 is 14.3 Å². The molecule has 4 rings (SSSR count). The summed E-state index contributed by atoms with van der Waals surface area (Å²) in [5.41, 5.74) is 1.07. The minimum absolute atomic E-state index is 0.0655. The van der Waals surface area contributed by atoms with Gasteiger partial charge < -0.3 is 24.3 Å². The van der Waals surface area contributed by atoms with Crippen LogP contribution in [0.1, 0.15) is 40.0 Å². The standard InChI is InChI=1S/C28H39ClN6O3S/c1-4-6-11-26(36)35-17-16-34(19-21(35)3)25-18-24(29)30-28(31-25)39-20-27(37)33-14-12-32(13-15-33)22-9-7-8-10-23(22)38-5-2/h7-10,18,21H,4-6,11-17,19-20H2,1-3H3. The summed E-state index contributed by atoms with van der Waals surface area (Å²) in [7, 11) is 0. The average molecular weight is 575 g/mol. The van der Waals surface area contributed by atoms with Crippen molar-refractivity contribution in [2.24, 2.45) is 0 Å². The van der Waals surface area contributed by atoms with Crippen LogP contribution in [0.3, 0.4) is 0 Å². The summed E-state index contributed by atoms with van der Waals surface area (Å²) >= 11 is 7.66. The molecule has 39 heavy (non-hydrogen) atoms. The number of anilines is 2. The van der Waals surface area contributed by atoms with Gasteiger partial charge in [-0.1, -0.05) is 48.8 Å². The molecule has 2 aliphatic rings. The smallest absolute Gasteiger partial charge is 0.233 e. The van der Waals surface area contributed by atoms with E-state index in [0.717, 1.165) is 43.2 Å². The number of hydrogen-bond donors (Lipinski definition) is 0. The molecule has 2 amide bonds. The number of rotatable bonds is 10. The van der Waals surface area contributed by atoms with Crippen molar-refractivity contribution in [3.05, 3.63) is 35.5 Å². The van der Waals surface area contributed by atoms with Gasteiger partial charge >= 0.3 is 0 Å². The number of nitrogens with zero attached hydrogens (tertiary/aromatic N) is 6. The Bertz CT molecular complexity index is 1130. The first-order valence-corrected chi connectivity index (χ1v) is 15.2. The molecule has 0 spiro atoms. The van der Waals surface area contributed by atoms with E-state index >= 15 is 0 Å². The number of hydrogen-bond acceptors (Lipinski definition) is 8. The molecule has 0 saturated carbocycles. The normalized spacial score (nSPS) is 17.9. The third-order valence-electron chi connectivity index (χ3n) is 7.14. The van der Waals surface area contributed by atoms with Crippen LogP contribution in [0.2, 0.25) is 5.15 Å². The second-order valence-electron chi connectivity index (χ2n) is 9.87. The van der Waals surface area contributed by atoms with Gasteiger partial charge in [0.25, 0.3) is 0 Å². The van der Waals surface area contributed by atoms with E-state index in [4.69, 9.17) is 21.3 Å². The molecule has 0 aliphatic carbocycles. The van der Waals surface area contributed by atoms with Gasteiger partial charge in [0.1, 0.15) is 16.7 Å². The third kappa shape index (κ3) is 7.69. The van der Waals surface area contributed by atoms with Crippen LogP contribution in [0.15, 0.2) is 35.5 Å². The second-order valence-corrected chi connectivity index (χ2v) is 11.2. The van der Waals surface area contributed by atoms with Crippen molar-refractivity contribution in [2.75, 3.05) is 68.0 Å². The van der Waals surface area contributed by atoms with Crippen LogP contribution in [0.25, 0.3) is 0 Å². The lowest BCUT2D eigenvalue weighted by Gasteiger charge is -2.40. The Morgan fingerprint density at radius 1 is 1.03 bits per heavy atom. The van der Waals surface area contributed by atoms with Gasteiger partial charge in [-0.05, 0) is 32.4 Å². The number of amides is 2. The van der Waals surface area contributed by atoms with Gasteiger partial charge in [0.2, 0.25) is 11.8 Å². The zero-order valence-corrected chi connectivity index (χ0v) is 24.7. The van der Waals surface area contributed by atoms with E-state index in [1.807, 2.05) is 34.9 Å². The van der Waals surface area contributed by atoms with Gasteiger partial charge in [0.05, 0.1) is 18.0 Å². The first-order valence-electron chi connectivity index (χ1n) is 13.9. The highest BCUT2D eigenvalue weighted by Crippen LogP contribution is 2.29. The molecule has 1 aromatic heterocycles. The Hall–Kier alpha value is -2.72. The van der Waals surface area contributed by atoms with Gasteiger partial charge in [-0.2, -0.15) is 0 Å². The average Bonchev–Trinajstić information content (AvgIpc) is 2.95. The minimum Gasteiger partial charge on any atom is -0.492 e. The van der Waals surface area contributed by atoms with Crippen molar-refractivity contribution in [3.8, 4) is 5.75 Å². The maximum Gasteiger partial charge on any atom is 0.233 e. The molecule has 2 fully saturated rings. The predicted octanol–water partition coefficient (Wildman–Crippen LogP) is 4.20. The molecule has 2 saturated heterocycles. The summed E-state index contributed by atoms with van der Waals surface area (Å²) in [5, 5.41) is 0.842. The van der Waals surface area contributed by atoms with Crippen LogP contribution in [0.5, 0.6) is 5.75 Å². The van der Waals surface area contributed by atoms with Crippen molar-refractivity contribution in [3.63, 3.8) is 0 Å². The Kier molecular flexibility index (Phi) is 10.6. The summed E-state index contributed by atoms with van der Waals surface area (Å²) in [4.78, 5) is 42.9. The molecule has 9 nitrogen and oxygen atoms in total. The Morgan fingerprint density at radius 3 is 2.49 bits per heavy atom. The van der Waals surface area contributed by atoms with Gasteiger partial charge in [-0.25, -0.2) is 9.97 Å². The molecular formula is C28H39ClN6O3S. The Balaban J connectivity index is 1.29. The lowest BCUT2D eigenvalue weighted by atomic mass is 10.1. The highest BCUT2D eigenvalue weighted by atomic mass is 35.5. The fourth-order valence-electron chi connectivity index (χ4n) is 5.03. The van der Waals surface area contributed by atoms with Gasteiger partial charge in [0, 0.05) is 64.3 Å². The van der Waals surface area contributed by atoms with Gasteiger partial charge in [0.15, 0.2) is 5.16 Å². The van der Waals surface area contributed by atoms with Gasteiger partial charge in [-0.15, -0.1) is 0 Å². The van der Waals surface area contributed by atoms with E-state index in [2.05, 4.69) is 34.7 Å². The van der Waals surface area contributed by atoms with Gasteiger partial charge in [-0.3, -0.25) is 9.59 Å². The van der Waals surface area contributed by atoms with Crippen LogP contribution in [-0.4, -0.2) is 95.8 Å². The minimum atomic E-state index is 0.0655. The van der Waals surface area contributed by atoms with Crippen LogP contribution >= 0.6 is 23.4 Å². The van der Waals surface area contributed by atoms with Crippen molar-refractivity contribution in [1.29, 1.82) is 0 Å². The maximum atomic E-state index is 13.0. The predicted molar refractivity (Wildman–Crippen MR) is 157 cm³/mol. The van der Waals surface area contributed by atoms with E-state index < -0.39 is 0 Å². The quantitative estimate of drug-likeness (QED) is 0.237. The molecule has 2 aliphatic heterocycles. The molecule has 0 bridgehead atoms. The number of piperazine rings is 2. The van der Waals surface area contributed by atoms with E-state index in [-0.39, 0.29) is 23.6 Å². The van der Waals surface area contributed by atoms with Crippen LogP contribution in [0, 0.1) is 0 Å². The third-order valence-corrected chi connectivity index (χ3v) is 8.17. The number of unbranched alkanes of at least 4 members (excludes halogenated alkanes) is 1. The topological polar surface area (TPSA) is 82.1 Å². The van der Waals surface area contributed by atoms with E-state index in [0.29, 0.717) is 56.1 Å². The van der Waals surface area contributed by atoms with Crippen LogP contribution < -0.4 is 14.5 Å². The van der Waals surface area contributed by atoms with Crippen LogP contribution in [0.4, 0.5) is 11.5 Å². The monoisotopic (exact) mass is 574 g/mol. The SMILES string of the molecule is CCCCC(=O)N1CCN(c2cc(Cl)nc(SCC(=O)N3CCN(c4ccccc4OCC)CC3)n2)CC1C. The number of carbonyl (C=O) groups excluding carboxylic acids is 2. The molecular weight excluding hydrogens is 536 g/mol. The fraction of sp³-hybridized carbons (Fsp3) is 0.571. The zero-order valence-electron chi connectivity index (χ0n) is 23.1. The van der Waals surface area contributed by atoms with E-state index in [9.17, 15) is 9.59 Å². The molecule has 3 heterocycles. The summed E-state index contributed by atoms with van der Waals surface area (Å²) < 4.78 is 5.78. The summed E-state index contributed by atoms with van der Waals surface area (Å²) in [6, 6.07) is 9.89. The number of para-hydroxylation sites is 2. The molecule has 212 valence electrons. The molecule has 1 atom stereocenters. The van der Waals surface area contributed by atoms with Crippen molar-refractivity contribution >= 4 is 46.7 Å². The van der Waals surface area contributed by atoms with E-state index in [1.54, 1.807) is 6.07 Å². The lowest BCUT2D eigenvalue weighted by Crippen LogP contribution is -2.54. The lowest BCUT2D eigenvalue weighted by molar-refractivity contribution is -0.133. The number of thioether (sulfide) groups is 1. The number of carbonyl (C=O) groups is 2. The highest BCUT2D eigenvalue weighted by molar-refractivity contribution is 7.99. The largest absolute Gasteiger partial charge is 0.492 e. The summed E-state index contributed by atoms with van der Waals surface area (Å²) in [6.45, 7) is 11.6.